The highest BCUT2D eigenvalue weighted by Crippen LogP contribution is 2.53. The summed E-state index contributed by atoms with van der Waals surface area (Å²) >= 11 is 0. The van der Waals surface area contributed by atoms with E-state index in [1.54, 1.807) is 4.90 Å². The van der Waals surface area contributed by atoms with Crippen LogP contribution in [-0.4, -0.2) is 104 Å². The van der Waals surface area contributed by atoms with Gasteiger partial charge in [-0.2, -0.15) is 0 Å². The van der Waals surface area contributed by atoms with Gasteiger partial charge in [0.25, 0.3) is 5.91 Å². The number of hydrogen-bond donors (Lipinski definition) is 4. The SMILES string of the molecule is C=CCNC(=O)C(=O)C(CC1CCC1)NC(=O)[C@@H]1[C@H]2CCC(C)(C)[C@H]2CN1C(=O)[C@@H](NC(=O)N[C@H](CN(C)S(C)(=O)=O)C(C)(C)C)C1(C)CCCCC1. The van der Waals surface area contributed by atoms with Gasteiger partial charge in [-0.05, 0) is 66.1 Å². The zero-order valence-corrected chi connectivity index (χ0v) is 34.2. The topological polar surface area (TPSA) is 174 Å². The first-order valence-corrected chi connectivity index (χ1v) is 21.5. The Bertz CT molecular complexity index is 1500. The fourth-order valence-corrected chi connectivity index (χ4v) is 9.37. The molecule has 3 saturated carbocycles. The van der Waals surface area contributed by atoms with Crippen LogP contribution in [0.4, 0.5) is 4.79 Å². The fraction of sp³-hybridized carbons (Fsp3) is 0.821. The molecule has 4 N–H and O–H groups in total. The average Bonchev–Trinajstić information content (AvgIpc) is 3.58. The number of hydrogen-bond acceptors (Lipinski definition) is 7. The van der Waals surface area contributed by atoms with Crippen LogP contribution < -0.4 is 21.3 Å². The molecule has 4 aliphatic rings. The molecule has 1 unspecified atom stereocenters. The third kappa shape index (κ3) is 10.2. The Morgan fingerprint density at radius 2 is 1.58 bits per heavy atom. The van der Waals surface area contributed by atoms with Crippen molar-refractivity contribution in [2.45, 2.75) is 136 Å². The molecule has 0 aromatic rings. The lowest BCUT2D eigenvalue weighted by molar-refractivity contribution is -0.145. The van der Waals surface area contributed by atoms with E-state index in [1.165, 1.54) is 17.4 Å². The summed E-state index contributed by atoms with van der Waals surface area (Å²) in [5.74, 6) is -2.13. The Morgan fingerprint density at radius 3 is 2.13 bits per heavy atom. The van der Waals surface area contributed by atoms with Crippen molar-refractivity contribution in [3.8, 4) is 0 Å². The molecule has 5 amide bonds. The Kier molecular flexibility index (Phi) is 13.5. The van der Waals surface area contributed by atoms with E-state index in [0.29, 0.717) is 25.8 Å². The molecule has 4 rings (SSSR count). The normalized spacial score (nSPS) is 25.7. The predicted octanol–water partition coefficient (Wildman–Crippen LogP) is 3.74. The number of carbonyl (C=O) groups is 5. The number of fused-ring (bicyclic) bond motifs is 1. The van der Waals surface area contributed by atoms with Crippen molar-refractivity contribution in [2.75, 3.05) is 32.9 Å². The number of rotatable bonds is 15. The van der Waals surface area contributed by atoms with Gasteiger partial charge in [0.05, 0.1) is 12.3 Å². The van der Waals surface area contributed by atoms with Crippen LogP contribution in [0.1, 0.15) is 112 Å². The first-order chi connectivity index (χ1) is 24.6. The Morgan fingerprint density at radius 1 is 0.943 bits per heavy atom. The number of likely N-dealkylation sites (tertiary alicyclic amines) is 1. The predicted molar refractivity (Wildman–Crippen MR) is 205 cm³/mol. The van der Waals surface area contributed by atoms with Crippen molar-refractivity contribution in [3.63, 3.8) is 0 Å². The van der Waals surface area contributed by atoms with Gasteiger partial charge in [0, 0.05) is 32.7 Å². The number of urea groups is 1. The minimum Gasteiger partial charge on any atom is -0.346 e. The molecular weight excluding hydrogens is 697 g/mol. The molecule has 4 fully saturated rings. The highest BCUT2D eigenvalue weighted by Gasteiger charge is 2.58. The van der Waals surface area contributed by atoms with Crippen molar-refractivity contribution in [3.05, 3.63) is 12.7 Å². The van der Waals surface area contributed by atoms with Crippen LogP contribution in [0.25, 0.3) is 0 Å². The molecular formula is C39H66N6O7S. The molecule has 53 heavy (non-hydrogen) atoms. The highest BCUT2D eigenvalue weighted by atomic mass is 32.2. The van der Waals surface area contributed by atoms with Gasteiger partial charge < -0.3 is 26.2 Å². The van der Waals surface area contributed by atoms with Crippen LogP contribution in [0.3, 0.4) is 0 Å². The number of Topliss-reactive ketones (excluding diaryl/α,β-unsaturated/α-hetero) is 1. The summed E-state index contributed by atoms with van der Waals surface area (Å²) in [4.78, 5) is 71.5. The standard InChI is InChI=1S/C39H66N6O7S/c1-10-21-40-34(48)31(46)28(22-25-15-14-16-25)41-33(47)30-26-17-20-38(5,6)27(26)23-45(30)35(49)32(39(7)18-12-11-13-19-39)43-36(50)42-29(37(2,3)4)24-44(8)53(9,51)52/h10,25-30,32H,1,11-24H2,2-9H3,(H,40,48)(H,41,47)(H2,42,43,50)/t26-,27-,28?,29+,30-,32+/m0/s1. The van der Waals surface area contributed by atoms with Gasteiger partial charge in [-0.25, -0.2) is 17.5 Å². The first-order valence-electron chi connectivity index (χ1n) is 19.6. The van der Waals surface area contributed by atoms with Crippen LogP contribution in [-0.2, 0) is 29.2 Å². The largest absolute Gasteiger partial charge is 0.346 e. The monoisotopic (exact) mass is 762 g/mol. The molecule has 1 heterocycles. The van der Waals surface area contributed by atoms with Gasteiger partial charge in [-0.3, -0.25) is 19.2 Å². The molecule has 6 atom stereocenters. The maximum Gasteiger partial charge on any atom is 0.315 e. The summed E-state index contributed by atoms with van der Waals surface area (Å²) in [6.45, 7) is 16.2. The number of nitrogens with zero attached hydrogens (tertiary/aromatic N) is 2. The summed E-state index contributed by atoms with van der Waals surface area (Å²) in [5, 5.41) is 11.5. The average molecular weight is 763 g/mol. The van der Waals surface area contributed by atoms with E-state index in [0.717, 1.165) is 57.6 Å². The smallest absolute Gasteiger partial charge is 0.315 e. The summed E-state index contributed by atoms with van der Waals surface area (Å²) in [6, 6.07) is -3.98. The van der Waals surface area contributed by atoms with E-state index in [1.807, 2.05) is 27.7 Å². The van der Waals surface area contributed by atoms with Crippen molar-refractivity contribution in [1.82, 2.24) is 30.5 Å². The quantitative estimate of drug-likeness (QED) is 0.145. The summed E-state index contributed by atoms with van der Waals surface area (Å²) in [7, 11) is -2.04. The van der Waals surface area contributed by atoms with E-state index in [2.05, 4.69) is 41.7 Å². The molecule has 0 spiro atoms. The summed E-state index contributed by atoms with van der Waals surface area (Å²) < 4.78 is 25.8. The van der Waals surface area contributed by atoms with Gasteiger partial charge in [-0.15, -0.1) is 6.58 Å². The molecule has 13 nitrogen and oxygen atoms in total. The maximum atomic E-state index is 15.1. The third-order valence-electron chi connectivity index (χ3n) is 13.0. The second kappa shape index (κ2) is 16.8. The first kappa shape index (κ1) is 42.7. The molecule has 0 bridgehead atoms. The van der Waals surface area contributed by atoms with Gasteiger partial charge in [0.15, 0.2) is 0 Å². The fourth-order valence-electron chi connectivity index (χ4n) is 8.95. The molecule has 1 saturated heterocycles. The number of nitrogens with one attached hydrogen (secondary N) is 4. The molecule has 0 aromatic heterocycles. The van der Waals surface area contributed by atoms with Gasteiger partial charge in [-0.1, -0.05) is 86.1 Å². The van der Waals surface area contributed by atoms with E-state index < -0.39 is 68.6 Å². The lowest BCUT2D eigenvalue weighted by atomic mass is 9.70. The summed E-state index contributed by atoms with van der Waals surface area (Å²) in [6.07, 6.45) is 11.7. The molecule has 0 aromatic carbocycles. The van der Waals surface area contributed by atoms with Gasteiger partial charge in [0.1, 0.15) is 12.1 Å². The second-order valence-electron chi connectivity index (χ2n) is 18.4. The van der Waals surface area contributed by atoms with Crippen LogP contribution in [0.5, 0.6) is 0 Å². The van der Waals surface area contributed by atoms with Crippen LogP contribution >= 0.6 is 0 Å². The Labute approximate surface area is 317 Å². The number of sulfonamides is 1. The molecule has 3 aliphatic carbocycles. The third-order valence-corrected chi connectivity index (χ3v) is 14.2. The minimum absolute atomic E-state index is 0.0318. The van der Waals surface area contributed by atoms with Crippen molar-refractivity contribution in [2.24, 2.45) is 34.0 Å². The van der Waals surface area contributed by atoms with Crippen molar-refractivity contribution < 1.29 is 32.4 Å². The van der Waals surface area contributed by atoms with Crippen LogP contribution in [0, 0.1) is 34.0 Å². The lowest BCUT2D eigenvalue weighted by Crippen LogP contribution is -2.63. The maximum absolute atomic E-state index is 15.1. The zero-order chi connectivity index (χ0) is 39.5. The van der Waals surface area contributed by atoms with Crippen LogP contribution in [0.15, 0.2) is 12.7 Å². The van der Waals surface area contributed by atoms with Crippen LogP contribution in [0.2, 0.25) is 0 Å². The molecule has 1 aliphatic heterocycles. The molecule has 300 valence electrons. The lowest BCUT2D eigenvalue weighted by Gasteiger charge is -2.43. The van der Waals surface area contributed by atoms with E-state index in [4.69, 9.17) is 0 Å². The second-order valence-corrected chi connectivity index (χ2v) is 20.5. The minimum atomic E-state index is -3.51. The molecule has 14 heteroatoms. The number of likely N-dealkylation sites (N-methyl/N-ethyl adjacent to an activating group) is 1. The Balaban J connectivity index is 1.65. The number of carbonyl (C=O) groups excluding carboxylic acids is 5. The van der Waals surface area contributed by atoms with Crippen molar-refractivity contribution in [1.29, 1.82) is 0 Å². The van der Waals surface area contributed by atoms with Crippen molar-refractivity contribution >= 4 is 39.6 Å². The Hall–Kier alpha value is -3.00. The number of amides is 5. The summed E-state index contributed by atoms with van der Waals surface area (Å²) in [5.41, 5.74) is -1.24. The zero-order valence-electron chi connectivity index (χ0n) is 33.4. The van der Waals surface area contributed by atoms with E-state index >= 15 is 4.79 Å². The van der Waals surface area contributed by atoms with Gasteiger partial charge >= 0.3 is 6.03 Å². The highest BCUT2D eigenvalue weighted by molar-refractivity contribution is 7.88. The number of ketones is 1. The molecule has 0 radical (unpaired) electrons. The van der Waals surface area contributed by atoms with E-state index in [-0.39, 0.29) is 42.2 Å². The van der Waals surface area contributed by atoms with E-state index in [9.17, 15) is 27.6 Å². The van der Waals surface area contributed by atoms with Gasteiger partial charge in [0.2, 0.25) is 27.6 Å².